The molecule has 2 amide bonds. The third-order valence-electron chi connectivity index (χ3n) is 3.92. The molecule has 0 radical (unpaired) electrons. The third-order valence-corrected chi connectivity index (χ3v) is 5.50. The number of benzene rings is 1. The molecule has 23 heavy (non-hydrogen) atoms. The predicted molar refractivity (Wildman–Crippen MR) is 101 cm³/mol. The maximum absolute atomic E-state index is 12.5. The molecule has 0 aliphatic carbocycles. The van der Waals surface area contributed by atoms with Gasteiger partial charge in [0.25, 0.3) is 5.91 Å². The normalized spacial score (nSPS) is 17.8. The lowest BCUT2D eigenvalue weighted by Crippen LogP contribution is -2.43. The highest BCUT2D eigenvalue weighted by Gasteiger charge is 2.29. The number of carbonyl (C=O) groups excluding carboxylic acids is 2. The summed E-state index contributed by atoms with van der Waals surface area (Å²) in [6.45, 7) is 1.22. The minimum absolute atomic E-state index is 0.00473. The molecule has 1 fully saturated rings. The summed E-state index contributed by atoms with van der Waals surface area (Å²) in [5.74, 6) is -0.117. The fourth-order valence-corrected chi connectivity index (χ4v) is 3.76. The van der Waals surface area contributed by atoms with Gasteiger partial charge in [0.1, 0.15) is 0 Å². The van der Waals surface area contributed by atoms with E-state index < -0.39 is 0 Å². The molecule has 1 aromatic heterocycles. The summed E-state index contributed by atoms with van der Waals surface area (Å²) in [5.41, 5.74) is 0.803. The minimum atomic E-state index is -0.146. The number of anilines is 1. The van der Waals surface area contributed by atoms with Crippen LogP contribution in [0.25, 0.3) is 0 Å². The Kier molecular flexibility index (Phi) is 5.32. The van der Waals surface area contributed by atoms with Crippen LogP contribution in [0.4, 0.5) is 5.69 Å². The van der Waals surface area contributed by atoms with Crippen LogP contribution in [0, 0.1) is 9.49 Å². The van der Waals surface area contributed by atoms with E-state index in [9.17, 15) is 9.59 Å². The summed E-state index contributed by atoms with van der Waals surface area (Å²) >= 11 is 3.68. The molecule has 0 spiro atoms. The molecule has 3 rings (SSSR count). The fraction of sp³-hybridized carbons (Fsp3) is 0.294. The number of hydrogen-bond donors (Lipinski definition) is 1. The van der Waals surface area contributed by atoms with Crippen molar-refractivity contribution in [1.82, 2.24) is 4.90 Å². The Morgan fingerprint density at radius 2 is 2.00 bits per heavy atom. The smallest absolute Gasteiger partial charge is 0.263 e. The lowest BCUT2D eigenvalue weighted by molar-refractivity contribution is -0.121. The van der Waals surface area contributed by atoms with Gasteiger partial charge in [0, 0.05) is 22.3 Å². The molecular formula is C17H17IN2O2S. The first-order valence-corrected chi connectivity index (χ1v) is 9.48. The first-order chi connectivity index (χ1) is 11.1. The average molecular weight is 440 g/mol. The molecule has 1 N–H and O–H groups in total. The highest BCUT2D eigenvalue weighted by Crippen LogP contribution is 2.22. The minimum Gasteiger partial charge on any atom is -0.337 e. The predicted octanol–water partition coefficient (Wildman–Crippen LogP) is 3.84. The summed E-state index contributed by atoms with van der Waals surface area (Å²) in [5, 5.41) is 4.86. The van der Waals surface area contributed by atoms with E-state index in [0.29, 0.717) is 6.54 Å². The molecule has 0 saturated carbocycles. The fourth-order valence-electron chi connectivity index (χ4n) is 2.71. The number of nitrogens with one attached hydrogen (secondary N) is 1. The number of likely N-dealkylation sites (tertiary alicyclic amines) is 1. The summed E-state index contributed by atoms with van der Waals surface area (Å²) in [6.07, 6.45) is 1.69. The van der Waals surface area contributed by atoms with Crippen molar-refractivity contribution >= 4 is 51.4 Å². The zero-order valence-electron chi connectivity index (χ0n) is 12.5. The van der Waals surface area contributed by atoms with Crippen LogP contribution in [0.5, 0.6) is 0 Å². The molecule has 6 heteroatoms. The number of amides is 2. The lowest BCUT2D eigenvalue weighted by Gasteiger charge is -2.31. The van der Waals surface area contributed by atoms with Crippen molar-refractivity contribution in [1.29, 1.82) is 0 Å². The maximum atomic E-state index is 12.5. The molecule has 0 bridgehead atoms. The topological polar surface area (TPSA) is 49.4 Å². The molecule has 2 aromatic rings. The third kappa shape index (κ3) is 4.11. The summed E-state index contributed by atoms with van der Waals surface area (Å²) in [7, 11) is 0. The second-order valence-electron chi connectivity index (χ2n) is 5.56. The summed E-state index contributed by atoms with van der Waals surface area (Å²) < 4.78 is 1.13. The molecule has 1 aromatic carbocycles. The van der Waals surface area contributed by atoms with Crippen molar-refractivity contribution in [2.45, 2.75) is 12.8 Å². The quantitative estimate of drug-likeness (QED) is 0.738. The monoisotopic (exact) mass is 440 g/mol. The number of nitrogens with zero attached hydrogens (tertiary/aromatic N) is 1. The number of carbonyl (C=O) groups is 2. The van der Waals surface area contributed by atoms with Crippen LogP contribution in [0.15, 0.2) is 41.8 Å². The highest BCUT2D eigenvalue weighted by atomic mass is 127. The molecule has 0 unspecified atom stereocenters. The molecule has 1 aliphatic rings. The van der Waals surface area contributed by atoms with Crippen molar-refractivity contribution in [3.63, 3.8) is 0 Å². The van der Waals surface area contributed by atoms with Gasteiger partial charge in [-0.05, 0) is 71.1 Å². The van der Waals surface area contributed by atoms with Crippen LogP contribution in [-0.2, 0) is 4.79 Å². The van der Waals surface area contributed by atoms with Crippen LogP contribution in [-0.4, -0.2) is 29.8 Å². The molecular weight excluding hydrogens is 423 g/mol. The number of halogens is 1. The zero-order chi connectivity index (χ0) is 16.2. The van der Waals surface area contributed by atoms with E-state index in [-0.39, 0.29) is 17.7 Å². The van der Waals surface area contributed by atoms with Gasteiger partial charge in [0.05, 0.1) is 10.8 Å². The SMILES string of the molecule is O=C(Nc1ccc(I)cc1)[C@@H]1CCCN(C(=O)c2cccs2)C1. The molecule has 1 saturated heterocycles. The van der Waals surface area contributed by atoms with E-state index >= 15 is 0 Å². The molecule has 1 aliphatic heterocycles. The average Bonchev–Trinajstić information content (AvgIpc) is 3.11. The van der Waals surface area contributed by atoms with Gasteiger partial charge in [-0.1, -0.05) is 6.07 Å². The maximum Gasteiger partial charge on any atom is 0.263 e. The number of rotatable bonds is 3. The molecule has 120 valence electrons. The second kappa shape index (κ2) is 7.44. The summed E-state index contributed by atoms with van der Waals surface area (Å²) in [4.78, 5) is 27.4. The molecule has 2 heterocycles. The number of thiophene rings is 1. The van der Waals surface area contributed by atoms with Gasteiger partial charge in [-0.15, -0.1) is 11.3 Å². The van der Waals surface area contributed by atoms with Gasteiger partial charge in [-0.25, -0.2) is 0 Å². The Labute approximate surface area is 153 Å². The van der Waals surface area contributed by atoms with Gasteiger partial charge in [0.2, 0.25) is 5.91 Å². The number of piperidine rings is 1. The van der Waals surface area contributed by atoms with E-state index in [2.05, 4.69) is 27.9 Å². The summed E-state index contributed by atoms with van der Waals surface area (Å²) in [6, 6.07) is 11.4. The van der Waals surface area contributed by atoms with Crippen molar-refractivity contribution in [2.24, 2.45) is 5.92 Å². The Morgan fingerprint density at radius 3 is 2.70 bits per heavy atom. The van der Waals surface area contributed by atoms with Crippen LogP contribution in [0.3, 0.4) is 0 Å². The molecule has 4 nitrogen and oxygen atoms in total. The Balaban J connectivity index is 1.62. The molecule has 1 atom stereocenters. The zero-order valence-corrected chi connectivity index (χ0v) is 15.5. The lowest BCUT2D eigenvalue weighted by atomic mass is 9.97. The highest BCUT2D eigenvalue weighted by molar-refractivity contribution is 14.1. The first kappa shape index (κ1) is 16.4. The van der Waals surface area contributed by atoms with Crippen molar-refractivity contribution in [3.8, 4) is 0 Å². The van der Waals surface area contributed by atoms with Crippen molar-refractivity contribution in [3.05, 3.63) is 50.2 Å². The van der Waals surface area contributed by atoms with Gasteiger partial charge in [-0.3, -0.25) is 9.59 Å². The number of hydrogen-bond acceptors (Lipinski definition) is 3. The van der Waals surface area contributed by atoms with Crippen molar-refractivity contribution in [2.75, 3.05) is 18.4 Å². The van der Waals surface area contributed by atoms with E-state index in [4.69, 9.17) is 0 Å². The van der Waals surface area contributed by atoms with Crippen LogP contribution >= 0.6 is 33.9 Å². The Morgan fingerprint density at radius 1 is 1.22 bits per heavy atom. The second-order valence-corrected chi connectivity index (χ2v) is 7.76. The largest absolute Gasteiger partial charge is 0.337 e. The van der Waals surface area contributed by atoms with E-state index in [0.717, 1.165) is 33.5 Å². The van der Waals surface area contributed by atoms with E-state index in [1.807, 2.05) is 41.8 Å². The van der Waals surface area contributed by atoms with Crippen LogP contribution < -0.4 is 5.32 Å². The van der Waals surface area contributed by atoms with Crippen LogP contribution in [0.1, 0.15) is 22.5 Å². The van der Waals surface area contributed by atoms with E-state index in [1.54, 1.807) is 4.90 Å². The first-order valence-electron chi connectivity index (χ1n) is 7.52. The van der Waals surface area contributed by atoms with Gasteiger partial charge >= 0.3 is 0 Å². The Bertz CT molecular complexity index is 685. The standard InChI is InChI=1S/C17H17IN2O2S/c18-13-5-7-14(8-6-13)19-16(21)12-3-1-9-20(11-12)17(22)15-4-2-10-23-15/h2,4-8,10,12H,1,3,9,11H2,(H,19,21)/t12-/m1/s1. The Hall–Kier alpha value is -1.41. The van der Waals surface area contributed by atoms with E-state index in [1.165, 1.54) is 11.3 Å². The van der Waals surface area contributed by atoms with Crippen LogP contribution in [0.2, 0.25) is 0 Å². The van der Waals surface area contributed by atoms with Gasteiger partial charge in [0.15, 0.2) is 0 Å². The van der Waals surface area contributed by atoms with Crippen molar-refractivity contribution < 1.29 is 9.59 Å². The van der Waals surface area contributed by atoms with Gasteiger partial charge in [-0.2, -0.15) is 0 Å². The van der Waals surface area contributed by atoms with Gasteiger partial charge < -0.3 is 10.2 Å².